The molecule has 0 N–H and O–H groups in total. The van der Waals surface area contributed by atoms with Crippen LogP contribution in [0.3, 0.4) is 0 Å². The van der Waals surface area contributed by atoms with Crippen LogP contribution in [-0.2, 0) is 34.3 Å². The van der Waals surface area contributed by atoms with Crippen molar-refractivity contribution in [3.8, 4) is 0 Å². The van der Waals surface area contributed by atoms with Crippen LogP contribution < -0.4 is 0 Å². The lowest BCUT2D eigenvalue weighted by molar-refractivity contribution is -0.143. The van der Waals surface area contributed by atoms with E-state index in [1.807, 2.05) is 24.3 Å². The number of hydrogen-bond acceptors (Lipinski definition) is 8. The monoisotopic (exact) mass is 576 g/mol. The third-order valence-electron chi connectivity index (χ3n) is 4.85. The van der Waals surface area contributed by atoms with Crippen molar-refractivity contribution in [3.63, 3.8) is 0 Å². The molecule has 2 atom stereocenters. The number of carbonyl (C=O) groups is 2. The zero-order valence-corrected chi connectivity index (χ0v) is 21.4. The fraction of sp³-hybridized carbons (Fsp3) is 0.273. The van der Waals surface area contributed by atoms with Crippen LogP contribution in [0.4, 0.5) is 13.6 Å². The summed E-state index contributed by atoms with van der Waals surface area (Å²) >= 11 is 5.02. The maximum atomic E-state index is 13.8. The largest absolute Gasteiger partial charge is 0.467 e. The highest BCUT2D eigenvalue weighted by atomic mass is 79.9. The highest BCUT2D eigenvalue weighted by Gasteiger charge is 2.38. The maximum Gasteiger partial charge on any atom is 0.438 e. The molecule has 2 aromatic carbocycles. The van der Waals surface area contributed by atoms with Gasteiger partial charge in [0.25, 0.3) is 0 Å². The maximum absolute atomic E-state index is 13.8. The van der Waals surface area contributed by atoms with Crippen LogP contribution in [0, 0.1) is 11.6 Å². The molecule has 12 heteroatoms. The molecule has 3 rings (SSSR count). The first kappa shape index (κ1) is 26.4. The second-order valence-electron chi connectivity index (χ2n) is 7.03. The summed E-state index contributed by atoms with van der Waals surface area (Å²) in [6, 6.07) is 11.1. The molecule has 1 aromatic heterocycles. The van der Waals surface area contributed by atoms with Crippen LogP contribution >= 0.6 is 34.9 Å². The lowest BCUT2D eigenvalue weighted by Crippen LogP contribution is -2.17. The van der Waals surface area contributed by atoms with Crippen molar-refractivity contribution in [2.45, 2.75) is 12.3 Å². The quantitative estimate of drug-likeness (QED) is 0.203. The lowest BCUT2D eigenvalue weighted by Gasteiger charge is -2.19. The van der Waals surface area contributed by atoms with Crippen LogP contribution in [0.5, 0.6) is 0 Å². The van der Waals surface area contributed by atoms with E-state index < -0.39 is 43.4 Å². The molecule has 182 valence electrons. The average molecular weight is 577 g/mol. The molecular weight excluding hydrogens is 557 g/mol. The molecule has 0 aliphatic carbocycles. The van der Waals surface area contributed by atoms with Gasteiger partial charge in [0.05, 0.1) is 13.7 Å². The van der Waals surface area contributed by atoms with Crippen molar-refractivity contribution >= 4 is 56.6 Å². The zero-order valence-electron chi connectivity index (χ0n) is 18.1. The minimum absolute atomic E-state index is 0.191. The van der Waals surface area contributed by atoms with Gasteiger partial charge < -0.3 is 14.0 Å². The number of carbonyl (C=O) groups excluding carboxylic acids is 2. The van der Waals surface area contributed by atoms with Gasteiger partial charge in [0, 0.05) is 32.5 Å². The molecular formula is C22H20BrF2O7PS. The molecule has 3 aromatic rings. The number of ether oxygens (including phenoxy) is 2. The first-order valence-corrected chi connectivity index (χ1v) is 13.0. The number of thiophene rings is 1. The molecule has 0 saturated heterocycles. The molecule has 0 radical (unpaired) electrons. The smallest absolute Gasteiger partial charge is 0.438 e. The molecule has 2 unspecified atom stereocenters. The van der Waals surface area contributed by atoms with Crippen molar-refractivity contribution in [2.24, 2.45) is 0 Å². The minimum Gasteiger partial charge on any atom is -0.467 e. The van der Waals surface area contributed by atoms with E-state index in [4.69, 9.17) is 13.8 Å². The zero-order chi connectivity index (χ0) is 24.9. The molecule has 0 saturated carbocycles. The van der Waals surface area contributed by atoms with Crippen molar-refractivity contribution in [1.82, 2.24) is 0 Å². The minimum atomic E-state index is -4.42. The molecule has 0 spiro atoms. The molecule has 34 heavy (non-hydrogen) atoms. The average Bonchev–Trinajstić information content (AvgIpc) is 3.18. The Morgan fingerprint density at radius 1 is 1.12 bits per heavy atom. The molecule has 0 aliphatic heterocycles. The highest BCUT2D eigenvalue weighted by Crippen LogP contribution is 2.50. The molecule has 0 amide bonds. The van der Waals surface area contributed by atoms with Gasteiger partial charge in [-0.2, -0.15) is 0 Å². The Labute approximate surface area is 206 Å². The number of hydrogen-bond donors (Lipinski definition) is 0. The van der Waals surface area contributed by atoms with Crippen molar-refractivity contribution in [1.29, 1.82) is 0 Å². The normalized spacial score (nSPS) is 13.9. The van der Waals surface area contributed by atoms with E-state index in [0.717, 1.165) is 45.8 Å². The summed E-state index contributed by atoms with van der Waals surface area (Å²) in [5, 5.41) is 0.938. The molecule has 1 heterocycles. The first-order valence-electron chi connectivity index (χ1n) is 9.83. The summed E-state index contributed by atoms with van der Waals surface area (Å²) < 4.78 is 60.8. The Balaban J connectivity index is 1.86. The molecule has 7 nitrogen and oxygen atoms in total. The van der Waals surface area contributed by atoms with Gasteiger partial charge in [-0.3, -0.25) is 4.52 Å². The fourth-order valence-corrected chi connectivity index (χ4v) is 6.19. The van der Waals surface area contributed by atoms with Crippen LogP contribution in [0.15, 0.2) is 46.9 Å². The van der Waals surface area contributed by atoms with Crippen LogP contribution in [-0.4, -0.2) is 39.1 Å². The first-order chi connectivity index (χ1) is 16.2. The molecule has 0 bridgehead atoms. The summed E-state index contributed by atoms with van der Waals surface area (Å²) in [4.78, 5) is 24.6. The van der Waals surface area contributed by atoms with Crippen LogP contribution in [0.2, 0.25) is 0 Å². The fourth-order valence-electron chi connectivity index (χ4n) is 3.10. The van der Waals surface area contributed by atoms with Gasteiger partial charge in [-0.05, 0) is 46.1 Å². The topological polar surface area (TPSA) is 88.1 Å². The summed E-state index contributed by atoms with van der Waals surface area (Å²) in [6.07, 6.45) is 0.191. The molecule has 0 fully saturated rings. The number of methoxy groups -OCH3 is 1. The van der Waals surface area contributed by atoms with E-state index in [2.05, 4.69) is 20.7 Å². The summed E-state index contributed by atoms with van der Waals surface area (Å²) in [5.74, 6) is -3.33. The predicted molar refractivity (Wildman–Crippen MR) is 126 cm³/mol. The second kappa shape index (κ2) is 11.5. The Morgan fingerprint density at radius 2 is 1.85 bits per heavy atom. The van der Waals surface area contributed by atoms with E-state index in [0.29, 0.717) is 5.56 Å². The van der Waals surface area contributed by atoms with E-state index >= 15 is 0 Å². The van der Waals surface area contributed by atoms with E-state index in [1.54, 1.807) is 0 Å². The number of fused-ring (bicyclic) bond motifs is 1. The van der Waals surface area contributed by atoms with E-state index in [-0.39, 0.29) is 13.0 Å². The van der Waals surface area contributed by atoms with Crippen molar-refractivity contribution in [2.75, 3.05) is 27.4 Å². The number of halogens is 3. The third kappa shape index (κ3) is 6.09. The summed E-state index contributed by atoms with van der Waals surface area (Å²) in [7, 11) is -2.33. The predicted octanol–water partition coefficient (Wildman–Crippen LogP) is 6.43. The van der Waals surface area contributed by atoms with Crippen molar-refractivity contribution in [3.05, 3.63) is 69.0 Å². The van der Waals surface area contributed by atoms with Gasteiger partial charge in [-0.1, -0.05) is 24.3 Å². The molecule has 0 aliphatic rings. The summed E-state index contributed by atoms with van der Waals surface area (Å²) in [5.41, 5.74) is -0.812. The standard InChI is InChI=1S/C22H20BrF2O7PS/c1-29-19(26)12-32-33(28,30-2)22(27)31-11-14(9-13-7-8-16(24)17(25)10-13)21-20(23)15-5-3-4-6-18(15)34-21/h3-8,10,14H,9,11-12H2,1-2H3. The van der Waals surface area contributed by atoms with Gasteiger partial charge >= 0.3 is 19.3 Å². The van der Waals surface area contributed by atoms with E-state index in [9.17, 15) is 22.9 Å². The number of rotatable bonds is 10. The van der Waals surface area contributed by atoms with Gasteiger partial charge in [0.2, 0.25) is 0 Å². The number of benzene rings is 2. The van der Waals surface area contributed by atoms with Crippen LogP contribution in [0.1, 0.15) is 16.4 Å². The SMILES string of the molecule is COC(=O)COP(=O)(OC)C(=O)OCC(Cc1ccc(F)c(F)c1)c1sc2ccccc2c1Br. The Kier molecular flexibility index (Phi) is 8.95. The Morgan fingerprint density at radius 3 is 2.50 bits per heavy atom. The Bertz CT molecular complexity index is 1250. The van der Waals surface area contributed by atoms with E-state index in [1.165, 1.54) is 17.4 Å². The van der Waals surface area contributed by atoms with Gasteiger partial charge in [-0.25, -0.2) is 22.9 Å². The lowest BCUT2D eigenvalue weighted by atomic mass is 9.98. The van der Waals surface area contributed by atoms with Gasteiger partial charge in [-0.15, -0.1) is 11.3 Å². The highest BCUT2D eigenvalue weighted by molar-refractivity contribution is 9.10. The Hall–Kier alpha value is -2.17. The second-order valence-corrected chi connectivity index (χ2v) is 10.9. The van der Waals surface area contributed by atoms with Gasteiger partial charge in [0.15, 0.2) is 18.2 Å². The number of esters is 1. The summed E-state index contributed by atoms with van der Waals surface area (Å²) in [6.45, 7) is -1.03. The third-order valence-corrected chi connectivity index (χ3v) is 8.82. The van der Waals surface area contributed by atoms with Gasteiger partial charge in [0.1, 0.15) is 0 Å². The van der Waals surface area contributed by atoms with Crippen LogP contribution in [0.25, 0.3) is 10.1 Å². The van der Waals surface area contributed by atoms with Crippen molar-refractivity contribution < 1.29 is 41.5 Å².